The number of benzene rings is 1. The summed E-state index contributed by atoms with van der Waals surface area (Å²) in [7, 11) is 1.87. The first-order chi connectivity index (χ1) is 11.2. The molecule has 0 radical (unpaired) electrons. The zero-order valence-electron chi connectivity index (χ0n) is 13.9. The van der Waals surface area contributed by atoms with Gasteiger partial charge in [0.15, 0.2) is 0 Å². The quantitative estimate of drug-likeness (QED) is 0.928. The van der Waals surface area contributed by atoms with Crippen molar-refractivity contribution in [3.8, 4) is 0 Å². The lowest BCUT2D eigenvalue weighted by molar-refractivity contribution is 0.0874. The van der Waals surface area contributed by atoms with Gasteiger partial charge in [-0.2, -0.15) is 0 Å². The van der Waals surface area contributed by atoms with Crippen molar-refractivity contribution in [3.63, 3.8) is 0 Å². The highest BCUT2D eigenvalue weighted by atomic mass is 16.5. The van der Waals surface area contributed by atoms with Crippen LogP contribution in [0.1, 0.15) is 36.8 Å². The second-order valence-corrected chi connectivity index (χ2v) is 7.42. The number of amides is 2. The van der Waals surface area contributed by atoms with Crippen LogP contribution in [0.3, 0.4) is 0 Å². The smallest absolute Gasteiger partial charge is 0.317 e. The van der Waals surface area contributed by atoms with E-state index in [-0.39, 0.29) is 12.1 Å². The van der Waals surface area contributed by atoms with Gasteiger partial charge in [0, 0.05) is 32.2 Å². The number of nitrogens with one attached hydrogen (secondary N) is 1. The highest BCUT2D eigenvalue weighted by Crippen LogP contribution is 2.61. The molecule has 4 heteroatoms. The fourth-order valence-corrected chi connectivity index (χ4v) is 4.52. The summed E-state index contributed by atoms with van der Waals surface area (Å²) in [6.07, 6.45) is 6.07. The maximum absolute atomic E-state index is 12.3. The number of fused-ring (bicyclic) bond motifs is 2. The lowest BCUT2D eigenvalue weighted by Gasteiger charge is -2.21. The Morgan fingerprint density at radius 1 is 1.43 bits per heavy atom. The summed E-state index contributed by atoms with van der Waals surface area (Å²) < 4.78 is 5.61. The molecule has 2 fully saturated rings. The Labute approximate surface area is 138 Å². The second-order valence-electron chi connectivity index (χ2n) is 7.42. The molecule has 23 heavy (non-hydrogen) atoms. The molecule has 1 saturated carbocycles. The molecule has 4 rings (SSSR count). The maximum Gasteiger partial charge on any atom is 0.317 e. The van der Waals surface area contributed by atoms with Crippen LogP contribution in [0.2, 0.25) is 0 Å². The minimum Gasteiger partial charge on any atom is -0.376 e. The normalized spacial score (nSPS) is 31.2. The summed E-state index contributed by atoms with van der Waals surface area (Å²) in [6, 6.07) is 8.86. The molecule has 1 spiro atoms. The van der Waals surface area contributed by atoms with Crippen molar-refractivity contribution >= 4 is 6.03 Å². The minimum absolute atomic E-state index is 0.0360. The van der Waals surface area contributed by atoms with E-state index in [1.165, 1.54) is 30.4 Å². The van der Waals surface area contributed by atoms with E-state index in [4.69, 9.17) is 4.74 Å². The van der Waals surface area contributed by atoms with Crippen molar-refractivity contribution in [1.82, 2.24) is 10.2 Å². The number of likely N-dealkylation sites (N-methyl/N-ethyl adjacent to an activating group) is 1. The minimum atomic E-state index is 0.0360. The Morgan fingerprint density at radius 2 is 2.30 bits per heavy atom. The van der Waals surface area contributed by atoms with Gasteiger partial charge < -0.3 is 15.0 Å². The maximum atomic E-state index is 12.3. The van der Waals surface area contributed by atoms with Crippen LogP contribution in [0.25, 0.3) is 0 Å². The van der Waals surface area contributed by atoms with Crippen molar-refractivity contribution in [2.24, 2.45) is 5.92 Å². The van der Waals surface area contributed by atoms with E-state index in [0.29, 0.717) is 17.9 Å². The molecule has 1 heterocycles. The first-order valence-electron chi connectivity index (χ1n) is 8.88. The van der Waals surface area contributed by atoms with Crippen LogP contribution in [0.4, 0.5) is 4.79 Å². The summed E-state index contributed by atoms with van der Waals surface area (Å²) in [5.74, 6) is 0.603. The third-order valence-corrected chi connectivity index (χ3v) is 5.97. The van der Waals surface area contributed by atoms with E-state index >= 15 is 0 Å². The van der Waals surface area contributed by atoms with E-state index in [2.05, 4.69) is 29.6 Å². The van der Waals surface area contributed by atoms with E-state index in [1.54, 1.807) is 4.90 Å². The summed E-state index contributed by atoms with van der Waals surface area (Å²) in [5, 5.41) is 3.13. The van der Waals surface area contributed by atoms with Gasteiger partial charge in [0.25, 0.3) is 0 Å². The lowest BCUT2D eigenvalue weighted by atomic mass is 9.95. The molecule has 4 nitrogen and oxygen atoms in total. The van der Waals surface area contributed by atoms with Crippen molar-refractivity contribution in [3.05, 3.63) is 35.4 Å². The zero-order valence-corrected chi connectivity index (χ0v) is 13.9. The number of carbonyl (C=O) groups is 1. The molecule has 2 amide bonds. The fraction of sp³-hybridized carbons (Fsp3) is 0.632. The largest absolute Gasteiger partial charge is 0.376 e. The summed E-state index contributed by atoms with van der Waals surface area (Å²) in [5.41, 5.74) is 3.40. The van der Waals surface area contributed by atoms with Crippen LogP contribution in [0.5, 0.6) is 0 Å². The van der Waals surface area contributed by atoms with Gasteiger partial charge in [-0.05, 0) is 49.1 Å². The van der Waals surface area contributed by atoms with E-state index < -0.39 is 0 Å². The highest BCUT2D eigenvalue weighted by molar-refractivity contribution is 5.74. The number of hydrogen-bond donors (Lipinski definition) is 1. The summed E-state index contributed by atoms with van der Waals surface area (Å²) in [6.45, 7) is 2.33. The molecule has 1 aromatic rings. The number of carbonyl (C=O) groups excluding carboxylic acids is 1. The number of rotatable bonds is 4. The molecule has 0 bridgehead atoms. The average Bonchev–Trinajstić information content (AvgIpc) is 2.87. The number of ether oxygens (including phenoxy) is 1. The van der Waals surface area contributed by atoms with Gasteiger partial charge in [-0.25, -0.2) is 4.79 Å². The van der Waals surface area contributed by atoms with Crippen molar-refractivity contribution < 1.29 is 9.53 Å². The number of urea groups is 1. The molecular weight excluding hydrogens is 288 g/mol. The predicted octanol–water partition coefficient (Wildman–Crippen LogP) is 2.71. The number of hydrogen-bond acceptors (Lipinski definition) is 2. The highest BCUT2D eigenvalue weighted by Gasteiger charge is 2.57. The average molecular weight is 314 g/mol. The van der Waals surface area contributed by atoms with Crippen molar-refractivity contribution in [2.45, 2.75) is 43.6 Å². The molecule has 1 aromatic carbocycles. The van der Waals surface area contributed by atoms with Crippen LogP contribution in [-0.4, -0.2) is 43.8 Å². The molecule has 3 aliphatic rings. The van der Waals surface area contributed by atoms with Gasteiger partial charge in [0.05, 0.1) is 6.10 Å². The van der Waals surface area contributed by atoms with Gasteiger partial charge in [-0.1, -0.05) is 24.3 Å². The predicted molar refractivity (Wildman–Crippen MR) is 89.6 cm³/mol. The topological polar surface area (TPSA) is 41.6 Å². The van der Waals surface area contributed by atoms with Gasteiger partial charge in [-0.3, -0.25) is 0 Å². The summed E-state index contributed by atoms with van der Waals surface area (Å²) >= 11 is 0. The fourth-order valence-electron chi connectivity index (χ4n) is 4.52. The van der Waals surface area contributed by atoms with Crippen LogP contribution in [0.15, 0.2) is 24.3 Å². The molecule has 1 saturated heterocycles. The third-order valence-electron chi connectivity index (χ3n) is 5.97. The Balaban J connectivity index is 1.29. The van der Waals surface area contributed by atoms with E-state index in [1.807, 2.05) is 7.05 Å². The molecule has 1 N–H and O–H groups in total. The molecule has 3 unspecified atom stereocenters. The standard InChI is InChI=1S/C19H26N2O2/c1-21(13-16-6-4-10-23-16)18(22)20-12-15-11-19(15)9-8-14-5-2-3-7-17(14)19/h2-3,5,7,15-16H,4,6,8-13H2,1H3,(H,20,22). The van der Waals surface area contributed by atoms with Crippen LogP contribution >= 0.6 is 0 Å². The Morgan fingerprint density at radius 3 is 3.13 bits per heavy atom. The zero-order chi connectivity index (χ0) is 15.9. The first-order valence-corrected chi connectivity index (χ1v) is 8.88. The molecule has 124 valence electrons. The number of aryl methyl sites for hydroxylation is 1. The number of nitrogens with zero attached hydrogens (tertiary/aromatic N) is 1. The van der Waals surface area contributed by atoms with Crippen molar-refractivity contribution in [2.75, 3.05) is 26.7 Å². The third kappa shape index (κ3) is 2.74. The van der Waals surface area contributed by atoms with Gasteiger partial charge >= 0.3 is 6.03 Å². The van der Waals surface area contributed by atoms with E-state index in [0.717, 1.165) is 26.0 Å². The van der Waals surface area contributed by atoms with Gasteiger partial charge in [0.2, 0.25) is 0 Å². The molecule has 0 aromatic heterocycles. The lowest BCUT2D eigenvalue weighted by Crippen LogP contribution is -2.42. The van der Waals surface area contributed by atoms with Crippen molar-refractivity contribution in [1.29, 1.82) is 0 Å². The van der Waals surface area contributed by atoms with Crippen LogP contribution in [0, 0.1) is 5.92 Å². The van der Waals surface area contributed by atoms with Crippen LogP contribution < -0.4 is 5.32 Å². The Bertz CT molecular complexity index is 597. The van der Waals surface area contributed by atoms with Gasteiger partial charge in [-0.15, -0.1) is 0 Å². The molecular formula is C19H26N2O2. The molecule has 1 aliphatic heterocycles. The Hall–Kier alpha value is -1.55. The van der Waals surface area contributed by atoms with Gasteiger partial charge in [0.1, 0.15) is 0 Å². The van der Waals surface area contributed by atoms with E-state index in [9.17, 15) is 4.79 Å². The first kappa shape index (κ1) is 15.0. The second kappa shape index (κ2) is 5.82. The Kier molecular flexibility index (Phi) is 3.80. The SMILES string of the molecule is CN(CC1CCCO1)C(=O)NCC1CC12CCc1ccccc12. The molecule has 3 atom stereocenters. The monoisotopic (exact) mass is 314 g/mol. The molecule has 2 aliphatic carbocycles. The van der Waals surface area contributed by atoms with Crippen LogP contribution in [-0.2, 0) is 16.6 Å². The summed E-state index contributed by atoms with van der Waals surface area (Å²) in [4.78, 5) is 14.0.